The molecule has 2 aromatic carbocycles. The van der Waals surface area contributed by atoms with Crippen LogP contribution in [-0.4, -0.2) is 43.9 Å². The summed E-state index contributed by atoms with van der Waals surface area (Å²) < 4.78 is 0. The molecule has 1 saturated heterocycles. The highest BCUT2D eigenvalue weighted by molar-refractivity contribution is 7.99. The first-order chi connectivity index (χ1) is 14.8. The number of aliphatic carboxylic acids is 2. The van der Waals surface area contributed by atoms with E-state index in [-0.39, 0.29) is 0 Å². The SMILES string of the molecule is Cc1ccc(Sc2ccccc2N2CCNCC2)c(C)c1.O=C([O-])CCC(=O)C(=O)[O-]. The number of aryl methyl sites for hydroxylation is 2. The molecule has 166 valence electrons. The number of hydrogen-bond acceptors (Lipinski definition) is 8. The van der Waals surface area contributed by atoms with Gasteiger partial charge in [0.25, 0.3) is 0 Å². The molecule has 0 unspecified atom stereocenters. The van der Waals surface area contributed by atoms with Gasteiger partial charge in [-0.05, 0) is 44.0 Å². The molecule has 1 aliphatic heterocycles. The molecule has 0 spiro atoms. The van der Waals surface area contributed by atoms with Crippen LogP contribution in [0.3, 0.4) is 0 Å². The van der Waals surface area contributed by atoms with Crippen molar-refractivity contribution in [2.45, 2.75) is 36.5 Å². The second-order valence-electron chi connectivity index (χ2n) is 7.16. The number of carboxylic acid groups (broad SMARTS) is 2. The first kappa shape index (κ1) is 24.4. The van der Waals surface area contributed by atoms with E-state index >= 15 is 0 Å². The Balaban J connectivity index is 0.000000291. The number of carbonyl (C=O) groups is 3. The zero-order valence-corrected chi connectivity index (χ0v) is 18.5. The lowest BCUT2D eigenvalue weighted by Gasteiger charge is -2.31. The molecule has 1 heterocycles. The fourth-order valence-electron chi connectivity index (χ4n) is 3.06. The number of carboxylic acids is 2. The number of hydrogen-bond donors (Lipinski definition) is 1. The minimum Gasteiger partial charge on any atom is -0.550 e. The molecule has 0 aliphatic carbocycles. The van der Waals surface area contributed by atoms with Crippen molar-refractivity contribution < 1.29 is 24.6 Å². The zero-order valence-electron chi connectivity index (χ0n) is 17.7. The predicted molar refractivity (Wildman–Crippen MR) is 116 cm³/mol. The molecule has 0 bridgehead atoms. The van der Waals surface area contributed by atoms with Crippen LogP contribution < -0.4 is 20.4 Å². The number of nitrogens with one attached hydrogen (secondary N) is 1. The monoisotopic (exact) mass is 442 g/mol. The summed E-state index contributed by atoms with van der Waals surface area (Å²) in [7, 11) is 0. The van der Waals surface area contributed by atoms with Crippen LogP contribution in [0.4, 0.5) is 5.69 Å². The molecule has 0 radical (unpaired) electrons. The highest BCUT2D eigenvalue weighted by Crippen LogP contribution is 2.37. The molecular formula is C23H26N2O5S-2. The summed E-state index contributed by atoms with van der Waals surface area (Å²) in [5.74, 6) is -4.53. The van der Waals surface area contributed by atoms with Gasteiger partial charge >= 0.3 is 0 Å². The minimum atomic E-state index is -1.86. The molecule has 31 heavy (non-hydrogen) atoms. The maximum absolute atomic E-state index is 10.1. The average Bonchev–Trinajstić information content (AvgIpc) is 2.75. The molecule has 1 N–H and O–H groups in total. The van der Waals surface area contributed by atoms with E-state index < -0.39 is 30.6 Å². The summed E-state index contributed by atoms with van der Waals surface area (Å²) in [5, 5.41) is 22.7. The van der Waals surface area contributed by atoms with Crippen LogP contribution in [0.5, 0.6) is 0 Å². The first-order valence-corrected chi connectivity index (χ1v) is 10.8. The number of benzene rings is 2. The zero-order chi connectivity index (χ0) is 22.8. The predicted octanol–water partition coefficient (Wildman–Crippen LogP) is 0.700. The highest BCUT2D eigenvalue weighted by atomic mass is 32.2. The third-order valence-corrected chi connectivity index (χ3v) is 5.90. The lowest BCUT2D eigenvalue weighted by atomic mass is 10.2. The molecule has 8 heteroatoms. The van der Waals surface area contributed by atoms with E-state index in [1.165, 1.54) is 26.6 Å². The molecule has 1 fully saturated rings. The van der Waals surface area contributed by atoms with Crippen LogP contribution in [-0.2, 0) is 14.4 Å². The van der Waals surface area contributed by atoms with Gasteiger partial charge < -0.3 is 30.0 Å². The Morgan fingerprint density at radius 1 is 0.968 bits per heavy atom. The summed E-state index contributed by atoms with van der Waals surface area (Å²) in [6.07, 6.45) is -1.14. The number of nitrogens with zero attached hydrogens (tertiary/aromatic N) is 1. The normalized spacial score (nSPS) is 13.2. The number of ketones is 1. The lowest BCUT2D eigenvalue weighted by Crippen LogP contribution is -2.43. The van der Waals surface area contributed by atoms with Crippen LogP contribution in [0.1, 0.15) is 24.0 Å². The van der Waals surface area contributed by atoms with Crippen molar-refractivity contribution in [3.05, 3.63) is 53.6 Å². The number of Topliss-reactive ketones (excluding diaryl/α,β-unsaturated/α-hetero) is 1. The van der Waals surface area contributed by atoms with Crippen molar-refractivity contribution in [3.8, 4) is 0 Å². The average molecular weight is 443 g/mol. The summed E-state index contributed by atoms with van der Waals surface area (Å²) in [6.45, 7) is 8.67. The third-order valence-electron chi connectivity index (χ3n) is 4.66. The van der Waals surface area contributed by atoms with Crippen molar-refractivity contribution in [2.24, 2.45) is 0 Å². The van der Waals surface area contributed by atoms with Crippen LogP contribution in [0.2, 0.25) is 0 Å². The summed E-state index contributed by atoms with van der Waals surface area (Å²) in [6, 6.07) is 15.5. The summed E-state index contributed by atoms with van der Waals surface area (Å²) in [4.78, 5) is 34.6. The Morgan fingerprint density at radius 3 is 2.26 bits per heavy atom. The van der Waals surface area contributed by atoms with Crippen LogP contribution in [0.15, 0.2) is 52.3 Å². The van der Waals surface area contributed by atoms with Crippen molar-refractivity contribution in [1.82, 2.24) is 5.32 Å². The molecule has 1 aliphatic rings. The van der Waals surface area contributed by atoms with Crippen molar-refractivity contribution in [1.29, 1.82) is 0 Å². The van der Waals surface area contributed by atoms with Gasteiger partial charge in [0.15, 0.2) is 5.78 Å². The van der Waals surface area contributed by atoms with Gasteiger partial charge in [0.1, 0.15) is 5.97 Å². The van der Waals surface area contributed by atoms with E-state index in [2.05, 4.69) is 66.5 Å². The van der Waals surface area contributed by atoms with Gasteiger partial charge in [-0.2, -0.15) is 0 Å². The maximum Gasteiger partial charge on any atom is 0.178 e. The van der Waals surface area contributed by atoms with Crippen LogP contribution in [0.25, 0.3) is 0 Å². The highest BCUT2D eigenvalue weighted by Gasteiger charge is 2.14. The van der Waals surface area contributed by atoms with Crippen LogP contribution >= 0.6 is 11.8 Å². The number of rotatable bonds is 7. The lowest BCUT2D eigenvalue weighted by molar-refractivity contribution is -0.306. The van der Waals surface area contributed by atoms with Gasteiger partial charge in [0.05, 0.1) is 5.69 Å². The third kappa shape index (κ3) is 8.07. The van der Waals surface area contributed by atoms with E-state index in [4.69, 9.17) is 0 Å². The van der Waals surface area contributed by atoms with E-state index in [1.807, 2.05) is 11.8 Å². The van der Waals surface area contributed by atoms with Gasteiger partial charge in [0, 0.05) is 48.4 Å². The molecule has 7 nitrogen and oxygen atoms in total. The Labute approximate surface area is 186 Å². The Bertz CT molecular complexity index is 926. The van der Waals surface area contributed by atoms with Gasteiger partial charge in [0.2, 0.25) is 0 Å². The smallest absolute Gasteiger partial charge is 0.178 e. The van der Waals surface area contributed by atoms with Gasteiger partial charge in [-0.15, -0.1) is 0 Å². The van der Waals surface area contributed by atoms with E-state index in [0.717, 1.165) is 26.2 Å². The van der Waals surface area contributed by atoms with E-state index in [9.17, 15) is 24.6 Å². The number of para-hydroxylation sites is 1. The number of carbonyl (C=O) groups excluding carboxylic acids is 3. The Hall–Kier alpha value is -2.84. The molecule has 0 atom stereocenters. The van der Waals surface area contributed by atoms with Crippen molar-refractivity contribution in [3.63, 3.8) is 0 Å². The van der Waals surface area contributed by atoms with Gasteiger partial charge in [-0.3, -0.25) is 4.79 Å². The first-order valence-electron chi connectivity index (χ1n) is 10.0. The standard InChI is InChI=1S/C18H22N2S.C5H6O5/c1-14-7-8-17(15(2)13-14)21-18-6-4-3-5-16(18)20-11-9-19-10-12-20;6-3(5(9)10)1-2-4(7)8/h3-8,13,19H,9-12H2,1-2H3;1-2H2,(H,7,8)(H,9,10)/p-2. The molecular weight excluding hydrogens is 416 g/mol. The molecule has 2 aromatic rings. The van der Waals surface area contributed by atoms with Crippen molar-refractivity contribution in [2.75, 3.05) is 31.1 Å². The fraction of sp³-hybridized carbons (Fsp3) is 0.348. The second kappa shape index (κ2) is 12.1. The summed E-state index contributed by atoms with van der Waals surface area (Å²) in [5.41, 5.74) is 4.05. The topological polar surface area (TPSA) is 113 Å². The molecule has 3 rings (SSSR count). The van der Waals surface area contributed by atoms with E-state index in [0.29, 0.717) is 0 Å². The van der Waals surface area contributed by atoms with Crippen molar-refractivity contribution >= 4 is 35.2 Å². The number of piperazine rings is 1. The molecule has 0 aromatic heterocycles. The van der Waals surface area contributed by atoms with Crippen LogP contribution in [0, 0.1) is 13.8 Å². The second-order valence-corrected chi connectivity index (χ2v) is 8.24. The maximum atomic E-state index is 10.1. The summed E-state index contributed by atoms with van der Waals surface area (Å²) >= 11 is 1.88. The Morgan fingerprint density at radius 2 is 1.65 bits per heavy atom. The fourth-order valence-corrected chi connectivity index (χ4v) is 4.10. The molecule has 0 amide bonds. The number of anilines is 1. The van der Waals surface area contributed by atoms with E-state index in [1.54, 1.807) is 0 Å². The molecule has 0 saturated carbocycles. The largest absolute Gasteiger partial charge is 0.550 e. The minimum absolute atomic E-state index is 0.565. The van der Waals surface area contributed by atoms with Gasteiger partial charge in [-0.25, -0.2) is 0 Å². The van der Waals surface area contributed by atoms with Gasteiger partial charge in [-0.1, -0.05) is 41.6 Å². The Kier molecular flexibility index (Phi) is 9.55. The quantitative estimate of drug-likeness (QED) is 0.624.